The highest BCUT2D eigenvalue weighted by atomic mass is 35.5. The monoisotopic (exact) mass is 339 g/mol. The molecule has 4 nitrogen and oxygen atoms in total. The standard InChI is InChI=1S/C13H21N3OS.2ClH/c1-10-14-8-11(18-10)9-16(3)12(17)13(2)6-4-5-7-15-13;;/h8,15H,4-7,9H2,1-3H3;2*1H. The van der Waals surface area contributed by atoms with Crippen LogP contribution in [0.25, 0.3) is 0 Å². The lowest BCUT2D eigenvalue weighted by Gasteiger charge is -2.36. The predicted molar refractivity (Wildman–Crippen MR) is 88.1 cm³/mol. The summed E-state index contributed by atoms with van der Waals surface area (Å²) in [6.07, 6.45) is 5.08. The van der Waals surface area contributed by atoms with E-state index >= 15 is 0 Å². The Kier molecular flexibility index (Phi) is 8.03. The van der Waals surface area contributed by atoms with Gasteiger partial charge in [0.2, 0.25) is 5.91 Å². The van der Waals surface area contributed by atoms with Crippen LogP contribution in [0.5, 0.6) is 0 Å². The first-order valence-electron chi connectivity index (χ1n) is 6.43. The molecule has 0 spiro atoms. The molecule has 1 unspecified atom stereocenters. The van der Waals surface area contributed by atoms with Crippen LogP contribution in [0.2, 0.25) is 0 Å². The highest BCUT2D eigenvalue weighted by Gasteiger charge is 2.36. The number of nitrogens with zero attached hydrogens (tertiary/aromatic N) is 2. The topological polar surface area (TPSA) is 45.2 Å². The SMILES string of the molecule is Cc1ncc(CN(C)C(=O)C2(C)CCCCN2)s1.Cl.Cl. The molecule has 1 aliphatic heterocycles. The summed E-state index contributed by atoms with van der Waals surface area (Å²) in [6.45, 7) is 5.60. The zero-order valence-electron chi connectivity index (χ0n) is 12.1. The van der Waals surface area contributed by atoms with Crippen molar-refractivity contribution in [2.24, 2.45) is 0 Å². The van der Waals surface area contributed by atoms with Crippen molar-refractivity contribution < 1.29 is 4.79 Å². The average Bonchev–Trinajstić information content (AvgIpc) is 2.74. The molecule has 1 aliphatic rings. The molecule has 0 bridgehead atoms. The molecule has 2 rings (SSSR count). The molecule has 0 aromatic carbocycles. The summed E-state index contributed by atoms with van der Waals surface area (Å²) in [5.41, 5.74) is -0.382. The third-order valence-electron chi connectivity index (χ3n) is 3.50. The molecule has 1 atom stereocenters. The van der Waals surface area contributed by atoms with E-state index in [1.165, 1.54) is 6.42 Å². The second-order valence-corrected chi connectivity index (χ2v) is 6.54. The van der Waals surface area contributed by atoms with Crippen LogP contribution in [0, 0.1) is 6.92 Å². The van der Waals surface area contributed by atoms with Crippen LogP contribution in [0.4, 0.5) is 0 Å². The fourth-order valence-corrected chi connectivity index (χ4v) is 3.29. The maximum absolute atomic E-state index is 12.5. The number of piperidine rings is 1. The fourth-order valence-electron chi connectivity index (χ4n) is 2.44. The number of amides is 1. The van der Waals surface area contributed by atoms with Crippen molar-refractivity contribution in [3.63, 3.8) is 0 Å². The Bertz CT molecular complexity index is 433. The van der Waals surface area contributed by atoms with E-state index in [2.05, 4.69) is 10.3 Å². The van der Waals surface area contributed by atoms with Crippen LogP contribution in [0.1, 0.15) is 36.1 Å². The van der Waals surface area contributed by atoms with Crippen LogP contribution in [-0.2, 0) is 11.3 Å². The Morgan fingerprint density at radius 2 is 2.20 bits per heavy atom. The summed E-state index contributed by atoms with van der Waals surface area (Å²) in [4.78, 5) is 19.7. The molecule has 2 heterocycles. The van der Waals surface area contributed by atoms with Gasteiger partial charge >= 0.3 is 0 Å². The minimum absolute atomic E-state index is 0. The first kappa shape index (κ1) is 19.6. The number of hydrogen-bond donors (Lipinski definition) is 1. The lowest BCUT2D eigenvalue weighted by molar-refractivity contribution is -0.137. The average molecular weight is 340 g/mol. The van der Waals surface area contributed by atoms with Gasteiger partial charge < -0.3 is 10.2 Å². The second kappa shape index (κ2) is 8.17. The molecule has 116 valence electrons. The van der Waals surface area contributed by atoms with Crippen LogP contribution >= 0.6 is 36.2 Å². The van der Waals surface area contributed by atoms with E-state index in [1.807, 2.05) is 32.0 Å². The number of halogens is 2. The number of thiazole rings is 1. The first-order chi connectivity index (χ1) is 8.51. The third-order valence-corrected chi connectivity index (χ3v) is 4.40. The second-order valence-electron chi connectivity index (χ2n) is 5.22. The number of hydrogen-bond acceptors (Lipinski definition) is 4. The highest BCUT2D eigenvalue weighted by Crippen LogP contribution is 2.22. The van der Waals surface area contributed by atoms with Crippen molar-refractivity contribution in [1.82, 2.24) is 15.2 Å². The lowest BCUT2D eigenvalue weighted by atomic mass is 9.89. The van der Waals surface area contributed by atoms with Gasteiger partial charge in [0.1, 0.15) is 0 Å². The number of nitrogens with one attached hydrogen (secondary N) is 1. The number of aryl methyl sites for hydroxylation is 1. The van der Waals surface area contributed by atoms with E-state index in [1.54, 1.807) is 11.3 Å². The van der Waals surface area contributed by atoms with E-state index in [9.17, 15) is 4.79 Å². The van der Waals surface area contributed by atoms with Crippen molar-refractivity contribution in [3.05, 3.63) is 16.1 Å². The van der Waals surface area contributed by atoms with Crippen molar-refractivity contribution >= 4 is 42.1 Å². The zero-order chi connectivity index (χ0) is 13.2. The van der Waals surface area contributed by atoms with Crippen LogP contribution in [0.3, 0.4) is 0 Å². The number of carbonyl (C=O) groups is 1. The van der Waals surface area contributed by atoms with Crippen molar-refractivity contribution in [3.8, 4) is 0 Å². The molecule has 0 saturated carbocycles. The molecule has 1 saturated heterocycles. The number of aromatic nitrogens is 1. The van der Waals surface area contributed by atoms with Crippen LogP contribution < -0.4 is 5.32 Å². The summed E-state index contributed by atoms with van der Waals surface area (Å²) in [7, 11) is 1.87. The van der Waals surface area contributed by atoms with Crippen molar-refractivity contribution in [1.29, 1.82) is 0 Å². The van der Waals surface area contributed by atoms with Crippen LogP contribution in [0.15, 0.2) is 6.20 Å². The van der Waals surface area contributed by atoms with Crippen molar-refractivity contribution in [2.45, 2.75) is 45.2 Å². The zero-order valence-corrected chi connectivity index (χ0v) is 14.6. The van der Waals surface area contributed by atoms with E-state index in [-0.39, 0.29) is 36.3 Å². The Labute approximate surface area is 137 Å². The van der Waals surface area contributed by atoms with Gasteiger partial charge in [-0.2, -0.15) is 0 Å². The Hall–Kier alpha value is -0.360. The number of rotatable bonds is 3. The smallest absolute Gasteiger partial charge is 0.242 e. The normalized spacial score (nSPS) is 21.6. The largest absolute Gasteiger partial charge is 0.339 e. The summed E-state index contributed by atoms with van der Waals surface area (Å²) >= 11 is 1.65. The van der Waals surface area contributed by atoms with Gasteiger partial charge in [0.15, 0.2) is 0 Å². The molecular formula is C13H23Cl2N3OS. The van der Waals surface area contributed by atoms with Crippen LogP contribution in [-0.4, -0.2) is 34.9 Å². The number of carbonyl (C=O) groups excluding carboxylic acids is 1. The molecule has 1 fully saturated rings. The summed E-state index contributed by atoms with van der Waals surface area (Å²) in [5.74, 6) is 0.188. The van der Waals surface area contributed by atoms with Gasteiger partial charge in [-0.25, -0.2) is 4.98 Å². The summed E-state index contributed by atoms with van der Waals surface area (Å²) in [5, 5.41) is 4.41. The molecule has 1 N–H and O–H groups in total. The Balaban J connectivity index is 0.00000180. The lowest BCUT2D eigenvalue weighted by Crippen LogP contribution is -2.56. The third kappa shape index (κ3) is 4.58. The highest BCUT2D eigenvalue weighted by molar-refractivity contribution is 7.11. The molecule has 0 radical (unpaired) electrons. The van der Waals surface area contributed by atoms with E-state index in [0.29, 0.717) is 6.54 Å². The number of likely N-dealkylation sites (N-methyl/N-ethyl adjacent to an activating group) is 1. The Morgan fingerprint density at radius 3 is 2.70 bits per heavy atom. The molecule has 7 heteroatoms. The molecule has 0 aliphatic carbocycles. The molecule has 20 heavy (non-hydrogen) atoms. The van der Waals surface area contributed by atoms with E-state index < -0.39 is 0 Å². The van der Waals surface area contributed by atoms with Gasteiger partial charge in [0.25, 0.3) is 0 Å². The predicted octanol–water partition coefficient (Wildman–Crippen LogP) is 2.79. The summed E-state index contributed by atoms with van der Waals surface area (Å²) < 4.78 is 0. The fraction of sp³-hybridized carbons (Fsp3) is 0.692. The molecule has 1 aromatic heterocycles. The summed E-state index contributed by atoms with van der Waals surface area (Å²) in [6, 6.07) is 0. The molecule has 1 amide bonds. The maximum atomic E-state index is 12.5. The van der Waals surface area contributed by atoms with Gasteiger partial charge in [0, 0.05) is 18.1 Å². The van der Waals surface area contributed by atoms with Gasteiger partial charge in [-0.15, -0.1) is 36.2 Å². The van der Waals surface area contributed by atoms with Gasteiger partial charge in [0.05, 0.1) is 17.1 Å². The van der Waals surface area contributed by atoms with Crippen molar-refractivity contribution in [2.75, 3.05) is 13.6 Å². The van der Waals surface area contributed by atoms with Gasteiger partial charge in [-0.1, -0.05) is 0 Å². The van der Waals surface area contributed by atoms with E-state index in [0.717, 1.165) is 29.3 Å². The van der Waals surface area contributed by atoms with Gasteiger partial charge in [-0.3, -0.25) is 4.79 Å². The minimum Gasteiger partial charge on any atom is -0.339 e. The quantitative estimate of drug-likeness (QED) is 0.920. The maximum Gasteiger partial charge on any atom is 0.242 e. The molecular weight excluding hydrogens is 317 g/mol. The Morgan fingerprint density at radius 1 is 1.50 bits per heavy atom. The first-order valence-corrected chi connectivity index (χ1v) is 7.25. The molecule has 1 aromatic rings. The van der Waals surface area contributed by atoms with E-state index in [4.69, 9.17) is 0 Å². The van der Waals surface area contributed by atoms with Gasteiger partial charge in [-0.05, 0) is 39.7 Å². The minimum atomic E-state index is -0.382.